The molecule has 0 atom stereocenters. The van der Waals surface area contributed by atoms with Gasteiger partial charge in [-0.05, 0) is 42.9 Å². The molecule has 0 radical (unpaired) electrons. The second kappa shape index (κ2) is 5.95. The maximum absolute atomic E-state index is 5.34. The van der Waals surface area contributed by atoms with Crippen molar-refractivity contribution in [2.24, 2.45) is 0 Å². The fraction of sp³-hybridized carbons (Fsp3) is 0.353. The highest BCUT2D eigenvalue weighted by atomic mass is 16.5. The lowest BCUT2D eigenvalue weighted by atomic mass is 10.0. The van der Waals surface area contributed by atoms with E-state index in [0.717, 1.165) is 18.2 Å². The van der Waals surface area contributed by atoms with Crippen LogP contribution in [0.1, 0.15) is 36.8 Å². The molecule has 2 aromatic rings. The summed E-state index contributed by atoms with van der Waals surface area (Å²) in [5, 5.41) is 3.44. The molecule has 0 aliphatic heterocycles. The number of rotatable bonds is 6. The van der Waals surface area contributed by atoms with Crippen molar-refractivity contribution in [1.29, 1.82) is 0 Å². The predicted octanol–water partition coefficient (Wildman–Crippen LogP) is 3.97. The van der Waals surface area contributed by atoms with E-state index in [1.54, 1.807) is 0 Å². The largest absolute Gasteiger partial charge is 0.478 e. The minimum atomic E-state index is 0.647. The topological polar surface area (TPSA) is 34.1 Å². The predicted molar refractivity (Wildman–Crippen MR) is 81.1 cm³/mol. The Labute approximate surface area is 120 Å². The number of ether oxygens (including phenoxy) is 1. The lowest BCUT2D eigenvalue weighted by Gasteiger charge is -2.11. The molecule has 0 saturated heterocycles. The van der Waals surface area contributed by atoms with Crippen LogP contribution >= 0.6 is 0 Å². The second-order valence-corrected chi connectivity index (χ2v) is 5.14. The molecule has 1 fully saturated rings. The smallest absolute Gasteiger partial charge is 0.213 e. The van der Waals surface area contributed by atoms with Crippen molar-refractivity contribution in [3.63, 3.8) is 0 Å². The van der Waals surface area contributed by atoms with Gasteiger partial charge in [-0.3, -0.25) is 0 Å². The average molecular weight is 268 g/mol. The molecule has 3 rings (SSSR count). The third-order valence-corrected chi connectivity index (χ3v) is 3.58. The van der Waals surface area contributed by atoms with Crippen molar-refractivity contribution in [2.75, 3.05) is 11.9 Å². The normalized spacial score (nSPS) is 14.1. The Morgan fingerprint density at radius 1 is 1.20 bits per heavy atom. The molecule has 0 amide bonds. The van der Waals surface area contributed by atoms with Gasteiger partial charge in [0, 0.05) is 12.6 Å². The standard InChI is InChI=1S/C17H20N2O/c1-2-20-17-10-9-15(12-19-17)18-11-14-5-3-4-6-16(14)13-7-8-13/h3-6,9-10,12-13,18H,2,7-8,11H2,1H3. The first-order valence-electron chi connectivity index (χ1n) is 7.27. The number of anilines is 1. The van der Waals surface area contributed by atoms with Crippen LogP contribution in [0.25, 0.3) is 0 Å². The molecule has 0 spiro atoms. The molecule has 1 aliphatic carbocycles. The summed E-state index contributed by atoms with van der Waals surface area (Å²) in [5.41, 5.74) is 3.92. The number of pyridine rings is 1. The van der Waals surface area contributed by atoms with E-state index in [2.05, 4.69) is 34.6 Å². The molecule has 3 nitrogen and oxygen atoms in total. The quantitative estimate of drug-likeness (QED) is 0.860. The van der Waals surface area contributed by atoms with Crippen LogP contribution in [0.3, 0.4) is 0 Å². The van der Waals surface area contributed by atoms with Crippen molar-refractivity contribution in [1.82, 2.24) is 4.98 Å². The zero-order valence-electron chi connectivity index (χ0n) is 11.8. The van der Waals surface area contributed by atoms with Crippen LogP contribution in [-0.2, 0) is 6.54 Å². The van der Waals surface area contributed by atoms with Gasteiger partial charge < -0.3 is 10.1 Å². The van der Waals surface area contributed by atoms with Crippen LogP contribution in [0.4, 0.5) is 5.69 Å². The van der Waals surface area contributed by atoms with Crippen LogP contribution in [0, 0.1) is 0 Å². The van der Waals surface area contributed by atoms with Gasteiger partial charge in [-0.2, -0.15) is 0 Å². The summed E-state index contributed by atoms with van der Waals surface area (Å²) in [5.74, 6) is 1.46. The fourth-order valence-corrected chi connectivity index (χ4v) is 2.40. The van der Waals surface area contributed by atoms with E-state index in [9.17, 15) is 0 Å². The number of hydrogen-bond acceptors (Lipinski definition) is 3. The van der Waals surface area contributed by atoms with Crippen molar-refractivity contribution in [3.8, 4) is 5.88 Å². The molecular weight excluding hydrogens is 248 g/mol. The minimum Gasteiger partial charge on any atom is -0.478 e. The minimum absolute atomic E-state index is 0.647. The third-order valence-electron chi connectivity index (χ3n) is 3.58. The molecule has 0 bridgehead atoms. The van der Waals surface area contributed by atoms with E-state index >= 15 is 0 Å². The Kier molecular flexibility index (Phi) is 3.86. The van der Waals surface area contributed by atoms with Gasteiger partial charge in [0.1, 0.15) is 0 Å². The monoisotopic (exact) mass is 268 g/mol. The van der Waals surface area contributed by atoms with E-state index in [1.807, 2.05) is 25.3 Å². The van der Waals surface area contributed by atoms with E-state index in [-0.39, 0.29) is 0 Å². The lowest BCUT2D eigenvalue weighted by Crippen LogP contribution is -2.03. The van der Waals surface area contributed by atoms with Gasteiger partial charge in [-0.15, -0.1) is 0 Å². The van der Waals surface area contributed by atoms with Crippen molar-refractivity contribution < 1.29 is 4.74 Å². The van der Waals surface area contributed by atoms with Crippen LogP contribution in [0.2, 0.25) is 0 Å². The average Bonchev–Trinajstić information content (AvgIpc) is 3.32. The molecular formula is C17H20N2O. The number of hydrogen-bond donors (Lipinski definition) is 1. The van der Waals surface area contributed by atoms with Gasteiger partial charge in [0.15, 0.2) is 0 Å². The summed E-state index contributed by atoms with van der Waals surface area (Å²) in [6.07, 6.45) is 4.49. The first-order chi connectivity index (χ1) is 9.86. The van der Waals surface area contributed by atoms with Gasteiger partial charge in [0.2, 0.25) is 5.88 Å². The molecule has 0 unspecified atom stereocenters. The number of nitrogens with zero attached hydrogens (tertiary/aromatic N) is 1. The highest BCUT2D eigenvalue weighted by Crippen LogP contribution is 2.41. The van der Waals surface area contributed by atoms with Crippen molar-refractivity contribution >= 4 is 5.69 Å². The Balaban J connectivity index is 1.64. The first kappa shape index (κ1) is 13.0. The fourth-order valence-electron chi connectivity index (χ4n) is 2.40. The number of aromatic nitrogens is 1. The van der Waals surface area contributed by atoms with Crippen LogP contribution in [0.15, 0.2) is 42.6 Å². The van der Waals surface area contributed by atoms with Crippen LogP contribution < -0.4 is 10.1 Å². The maximum atomic E-state index is 5.34. The summed E-state index contributed by atoms with van der Waals surface area (Å²) < 4.78 is 5.34. The lowest BCUT2D eigenvalue weighted by molar-refractivity contribution is 0.327. The maximum Gasteiger partial charge on any atom is 0.213 e. The van der Waals surface area contributed by atoms with Gasteiger partial charge >= 0.3 is 0 Å². The Morgan fingerprint density at radius 2 is 2.05 bits per heavy atom. The Morgan fingerprint density at radius 3 is 2.75 bits per heavy atom. The van der Waals surface area contributed by atoms with Crippen LogP contribution in [-0.4, -0.2) is 11.6 Å². The number of nitrogens with one attached hydrogen (secondary N) is 1. The molecule has 1 heterocycles. The zero-order valence-corrected chi connectivity index (χ0v) is 11.8. The van der Waals surface area contributed by atoms with Crippen molar-refractivity contribution in [2.45, 2.75) is 32.2 Å². The summed E-state index contributed by atoms with van der Waals surface area (Å²) in [6.45, 7) is 3.46. The Hall–Kier alpha value is -2.03. The summed E-state index contributed by atoms with van der Waals surface area (Å²) in [7, 11) is 0. The van der Waals surface area contributed by atoms with E-state index in [1.165, 1.54) is 24.0 Å². The molecule has 1 saturated carbocycles. The molecule has 104 valence electrons. The third kappa shape index (κ3) is 3.10. The highest BCUT2D eigenvalue weighted by Gasteiger charge is 2.25. The number of benzene rings is 1. The summed E-state index contributed by atoms with van der Waals surface area (Å²) in [4.78, 5) is 4.27. The molecule has 1 aliphatic rings. The molecule has 20 heavy (non-hydrogen) atoms. The molecule has 1 aromatic carbocycles. The first-order valence-corrected chi connectivity index (χ1v) is 7.27. The summed E-state index contributed by atoms with van der Waals surface area (Å²) >= 11 is 0. The van der Waals surface area contributed by atoms with E-state index in [0.29, 0.717) is 12.5 Å². The zero-order chi connectivity index (χ0) is 13.8. The Bertz CT molecular complexity index is 561. The molecule has 1 N–H and O–H groups in total. The second-order valence-electron chi connectivity index (χ2n) is 5.14. The van der Waals surface area contributed by atoms with E-state index < -0.39 is 0 Å². The van der Waals surface area contributed by atoms with Gasteiger partial charge in [0.25, 0.3) is 0 Å². The van der Waals surface area contributed by atoms with Gasteiger partial charge in [-0.25, -0.2) is 4.98 Å². The van der Waals surface area contributed by atoms with E-state index in [4.69, 9.17) is 4.74 Å². The van der Waals surface area contributed by atoms with Crippen molar-refractivity contribution in [3.05, 3.63) is 53.7 Å². The highest BCUT2D eigenvalue weighted by molar-refractivity contribution is 5.44. The van der Waals surface area contributed by atoms with Gasteiger partial charge in [-0.1, -0.05) is 24.3 Å². The van der Waals surface area contributed by atoms with Gasteiger partial charge in [0.05, 0.1) is 18.5 Å². The molecule has 1 aromatic heterocycles. The molecule has 3 heteroatoms. The van der Waals surface area contributed by atoms with Crippen LogP contribution in [0.5, 0.6) is 5.88 Å². The summed E-state index contributed by atoms with van der Waals surface area (Å²) in [6, 6.07) is 12.6. The SMILES string of the molecule is CCOc1ccc(NCc2ccccc2C2CC2)cn1.